The fourth-order valence-electron chi connectivity index (χ4n) is 2.10. The fraction of sp³-hybridized carbons (Fsp3) is 0.462. The molecule has 0 fully saturated rings. The van der Waals surface area contributed by atoms with Crippen LogP contribution in [0.2, 0.25) is 0 Å². The van der Waals surface area contributed by atoms with Gasteiger partial charge < -0.3 is 15.6 Å². The first-order valence-electron chi connectivity index (χ1n) is 6.42. The fourth-order valence-corrected chi connectivity index (χ4v) is 2.10. The number of nitrogens with two attached hydrogens (primary N) is 1. The lowest BCUT2D eigenvalue weighted by Crippen LogP contribution is -2.22. The van der Waals surface area contributed by atoms with E-state index in [1.807, 2.05) is 0 Å². The third-order valence-electron chi connectivity index (χ3n) is 3.05. The second-order valence-corrected chi connectivity index (χ2v) is 4.76. The van der Waals surface area contributed by atoms with Crippen LogP contribution in [0, 0.1) is 0 Å². The van der Waals surface area contributed by atoms with E-state index < -0.39 is 0 Å². The summed E-state index contributed by atoms with van der Waals surface area (Å²) in [6.07, 6.45) is 3.74. The zero-order valence-electron chi connectivity index (χ0n) is 11.5. The van der Waals surface area contributed by atoms with Crippen molar-refractivity contribution in [3.63, 3.8) is 0 Å². The predicted molar refractivity (Wildman–Crippen MR) is 77.2 cm³/mol. The van der Waals surface area contributed by atoms with E-state index in [-0.39, 0.29) is 17.5 Å². The van der Waals surface area contributed by atoms with Crippen LogP contribution in [0.4, 0.5) is 11.8 Å². The summed E-state index contributed by atoms with van der Waals surface area (Å²) in [6, 6.07) is 2.00. The molecule has 0 aliphatic carbocycles. The van der Waals surface area contributed by atoms with Crippen molar-refractivity contribution in [1.82, 2.24) is 14.5 Å². The molecule has 2 heterocycles. The van der Waals surface area contributed by atoms with Crippen molar-refractivity contribution in [3.05, 3.63) is 22.6 Å². The summed E-state index contributed by atoms with van der Waals surface area (Å²) in [6.45, 7) is 4.17. The molecule has 6 heteroatoms. The lowest BCUT2D eigenvalue weighted by Gasteiger charge is -2.15. The molecule has 2 aromatic heterocycles. The number of aryl methyl sites for hydroxylation is 1. The summed E-state index contributed by atoms with van der Waals surface area (Å²) >= 11 is 0. The average Bonchev–Trinajstić information content (AvgIpc) is 2.33. The molecule has 0 amide bonds. The van der Waals surface area contributed by atoms with E-state index >= 15 is 0 Å². The van der Waals surface area contributed by atoms with Crippen LogP contribution in [-0.2, 0) is 7.05 Å². The van der Waals surface area contributed by atoms with Crippen molar-refractivity contribution < 1.29 is 0 Å². The van der Waals surface area contributed by atoms with E-state index in [0.29, 0.717) is 16.7 Å². The van der Waals surface area contributed by atoms with Crippen LogP contribution < -0.4 is 16.6 Å². The number of nitrogens with one attached hydrogen (secondary N) is 1. The number of anilines is 2. The molecular formula is C13H19N5O. The molecule has 6 nitrogen and oxygen atoms in total. The Bertz CT molecular complexity index is 649. The molecule has 1 atom stereocenters. The Morgan fingerprint density at radius 1 is 1.47 bits per heavy atom. The number of hydrogen-bond acceptors (Lipinski definition) is 5. The van der Waals surface area contributed by atoms with E-state index in [4.69, 9.17) is 5.73 Å². The van der Waals surface area contributed by atoms with Gasteiger partial charge in [0.2, 0.25) is 5.95 Å². The molecule has 0 aromatic carbocycles. The number of fused-ring (bicyclic) bond motifs is 1. The van der Waals surface area contributed by atoms with E-state index in [2.05, 4.69) is 29.1 Å². The van der Waals surface area contributed by atoms with Gasteiger partial charge in [0.15, 0.2) is 0 Å². The number of aromatic nitrogens is 3. The highest BCUT2D eigenvalue weighted by atomic mass is 16.1. The Morgan fingerprint density at radius 2 is 2.21 bits per heavy atom. The highest BCUT2D eigenvalue weighted by Crippen LogP contribution is 2.18. The van der Waals surface area contributed by atoms with Gasteiger partial charge >= 0.3 is 0 Å². The molecular weight excluding hydrogens is 242 g/mol. The summed E-state index contributed by atoms with van der Waals surface area (Å²) in [5, 5.41) is 3.74. The standard InChI is InChI=1S/C13H19N5O/c1-4-5-8(2)15-11-10-9(16-13(14)17-11)6-7-18(3)12(10)19/h6-8H,4-5H2,1-3H3,(H3,14,15,16,17)/t8-/m1/s1. The number of rotatable bonds is 4. The molecule has 2 rings (SSSR count). The van der Waals surface area contributed by atoms with Crippen molar-refractivity contribution in [2.45, 2.75) is 32.7 Å². The number of hydrogen-bond donors (Lipinski definition) is 2. The van der Waals surface area contributed by atoms with Gasteiger partial charge in [0.25, 0.3) is 5.56 Å². The first-order chi connectivity index (χ1) is 9.02. The van der Waals surface area contributed by atoms with Crippen LogP contribution in [0.3, 0.4) is 0 Å². The van der Waals surface area contributed by atoms with Crippen LogP contribution in [-0.4, -0.2) is 20.6 Å². The van der Waals surface area contributed by atoms with Crippen LogP contribution in [0.25, 0.3) is 10.9 Å². The molecule has 19 heavy (non-hydrogen) atoms. The van der Waals surface area contributed by atoms with Crippen molar-refractivity contribution in [1.29, 1.82) is 0 Å². The van der Waals surface area contributed by atoms with Crippen LogP contribution >= 0.6 is 0 Å². The molecule has 0 aliphatic heterocycles. The number of nitrogens with zero attached hydrogens (tertiary/aromatic N) is 3. The molecule has 102 valence electrons. The van der Waals surface area contributed by atoms with Gasteiger partial charge in [0, 0.05) is 19.3 Å². The zero-order chi connectivity index (χ0) is 14.0. The zero-order valence-corrected chi connectivity index (χ0v) is 11.5. The molecule has 0 radical (unpaired) electrons. The van der Waals surface area contributed by atoms with Gasteiger partial charge in [-0.15, -0.1) is 0 Å². The molecule has 0 spiro atoms. The van der Waals surface area contributed by atoms with E-state index in [1.165, 1.54) is 4.57 Å². The highest BCUT2D eigenvalue weighted by Gasteiger charge is 2.12. The minimum Gasteiger partial charge on any atom is -0.368 e. The van der Waals surface area contributed by atoms with E-state index in [1.54, 1.807) is 19.3 Å². The molecule has 0 unspecified atom stereocenters. The molecule has 0 saturated heterocycles. The number of nitrogen functional groups attached to an aromatic ring is 1. The van der Waals surface area contributed by atoms with E-state index in [9.17, 15) is 4.79 Å². The Balaban J connectivity index is 2.58. The maximum absolute atomic E-state index is 12.2. The minimum atomic E-state index is -0.122. The highest BCUT2D eigenvalue weighted by molar-refractivity contribution is 5.89. The van der Waals surface area contributed by atoms with Gasteiger partial charge in [0.05, 0.1) is 5.52 Å². The Morgan fingerprint density at radius 3 is 2.89 bits per heavy atom. The van der Waals surface area contributed by atoms with Gasteiger partial charge in [0.1, 0.15) is 11.2 Å². The van der Waals surface area contributed by atoms with Crippen LogP contribution in [0.5, 0.6) is 0 Å². The number of pyridine rings is 1. The second kappa shape index (κ2) is 5.26. The van der Waals surface area contributed by atoms with Gasteiger partial charge in [-0.2, -0.15) is 4.98 Å². The largest absolute Gasteiger partial charge is 0.368 e. The topological polar surface area (TPSA) is 85.8 Å². The molecule has 0 bridgehead atoms. The molecule has 3 N–H and O–H groups in total. The quantitative estimate of drug-likeness (QED) is 0.871. The van der Waals surface area contributed by atoms with Crippen molar-refractivity contribution >= 4 is 22.7 Å². The van der Waals surface area contributed by atoms with Crippen molar-refractivity contribution in [3.8, 4) is 0 Å². The molecule has 0 saturated carbocycles. The molecule has 0 aliphatic rings. The van der Waals surface area contributed by atoms with Gasteiger partial charge in [-0.05, 0) is 19.4 Å². The smallest absolute Gasteiger partial charge is 0.263 e. The van der Waals surface area contributed by atoms with Crippen LogP contribution in [0.1, 0.15) is 26.7 Å². The molecule has 2 aromatic rings. The van der Waals surface area contributed by atoms with E-state index in [0.717, 1.165) is 12.8 Å². The first-order valence-corrected chi connectivity index (χ1v) is 6.42. The third kappa shape index (κ3) is 2.67. The summed E-state index contributed by atoms with van der Waals surface area (Å²) in [5.41, 5.74) is 6.14. The second-order valence-electron chi connectivity index (χ2n) is 4.76. The lowest BCUT2D eigenvalue weighted by molar-refractivity contribution is 0.688. The Hall–Kier alpha value is -2.11. The summed E-state index contributed by atoms with van der Waals surface area (Å²) in [5.74, 6) is 0.691. The van der Waals surface area contributed by atoms with Gasteiger partial charge in [-0.25, -0.2) is 4.98 Å². The van der Waals surface area contributed by atoms with Gasteiger partial charge in [-0.1, -0.05) is 13.3 Å². The van der Waals surface area contributed by atoms with Gasteiger partial charge in [-0.3, -0.25) is 4.79 Å². The normalized spacial score (nSPS) is 12.6. The Labute approximate surface area is 111 Å². The van der Waals surface area contributed by atoms with Crippen LogP contribution in [0.15, 0.2) is 17.1 Å². The maximum Gasteiger partial charge on any atom is 0.263 e. The third-order valence-corrected chi connectivity index (χ3v) is 3.05. The average molecular weight is 261 g/mol. The Kier molecular flexibility index (Phi) is 3.69. The SMILES string of the molecule is CCC[C@@H](C)Nc1nc(N)nc2ccn(C)c(=O)c12. The summed E-state index contributed by atoms with van der Waals surface area (Å²) in [4.78, 5) is 20.5. The maximum atomic E-state index is 12.2. The summed E-state index contributed by atoms with van der Waals surface area (Å²) in [7, 11) is 1.71. The van der Waals surface area contributed by atoms with Crippen molar-refractivity contribution in [2.75, 3.05) is 11.1 Å². The lowest BCUT2D eigenvalue weighted by atomic mass is 10.2. The summed E-state index contributed by atoms with van der Waals surface area (Å²) < 4.78 is 1.51. The first kappa shape index (κ1) is 13.3. The minimum absolute atomic E-state index is 0.122. The van der Waals surface area contributed by atoms with Crippen molar-refractivity contribution in [2.24, 2.45) is 7.05 Å². The monoisotopic (exact) mass is 261 g/mol. The predicted octanol–water partition coefficient (Wildman–Crippen LogP) is 1.51.